The highest BCUT2D eigenvalue weighted by molar-refractivity contribution is 4.94. The molecule has 0 aliphatic heterocycles. The Morgan fingerprint density at radius 2 is 2.07 bits per heavy atom. The van der Waals surface area contributed by atoms with Crippen LogP contribution in [-0.4, -0.2) is 6.61 Å². The first-order valence-corrected chi connectivity index (χ1v) is 6.63. The van der Waals surface area contributed by atoms with Crippen LogP contribution in [0.25, 0.3) is 0 Å². The monoisotopic (exact) mass is 211 g/mol. The van der Waals surface area contributed by atoms with Crippen molar-refractivity contribution in [1.82, 2.24) is 0 Å². The Balaban J connectivity index is 2.39. The first-order chi connectivity index (χ1) is 7.15. The summed E-state index contributed by atoms with van der Waals surface area (Å²) in [6.45, 7) is 10.1. The molecular weight excluding hydrogens is 184 g/mol. The predicted octanol–water partition coefficient (Wildman–Crippen LogP) is 4.43. The van der Waals surface area contributed by atoms with Crippen LogP contribution in [0.4, 0.5) is 0 Å². The normalized spacial score (nSPS) is 28.6. The molecular formula is C14H27O. The molecule has 2 atom stereocenters. The molecule has 2 unspecified atom stereocenters. The molecule has 0 saturated heterocycles. The average molecular weight is 211 g/mol. The van der Waals surface area contributed by atoms with Crippen LogP contribution in [0.5, 0.6) is 0 Å². The van der Waals surface area contributed by atoms with Crippen LogP contribution in [0, 0.1) is 23.9 Å². The van der Waals surface area contributed by atoms with Gasteiger partial charge < -0.3 is 4.74 Å². The zero-order valence-electron chi connectivity index (χ0n) is 10.9. The third kappa shape index (κ3) is 4.14. The fraction of sp³-hybridized carbons (Fsp3) is 0.929. The van der Waals surface area contributed by atoms with Crippen LogP contribution in [0.1, 0.15) is 59.8 Å². The lowest BCUT2D eigenvalue weighted by molar-refractivity contribution is 0.0451. The van der Waals surface area contributed by atoms with Crippen molar-refractivity contribution in [1.29, 1.82) is 0 Å². The molecule has 1 rings (SSSR count). The summed E-state index contributed by atoms with van der Waals surface area (Å²) in [4.78, 5) is 0. The summed E-state index contributed by atoms with van der Waals surface area (Å²) >= 11 is 0. The van der Waals surface area contributed by atoms with E-state index < -0.39 is 0 Å². The van der Waals surface area contributed by atoms with E-state index >= 15 is 0 Å². The molecule has 1 aliphatic carbocycles. The molecule has 1 fully saturated rings. The smallest absolute Gasteiger partial charge is 0.101 e. The second-order valence-corrected chi connectivity index (χ2v) is 5.41. The predicted molar refractivity (Wildman–Crippen MR) is 65.4 cm³/mol. The van der Waals surface area contributed by atoms with Crippen molar-refractivity contribution in [3.8, 4) is 0 Å². The lowest BCUT2D eigenvalue weighted by Gasteiger charge is -2.36. The van der Waals surface area contributed by atoms with Gasteiger partial charge in [-0.05, 0) is 37.0 Å². The highest BCUT2D eigenvalue weighted by Crippen LogP contribution is 2.40. The number of ether oxygens (including phenoxy) is 1. The van der Waals surface area contributed by atoms with Gasteiger partial charge in [0.15, 0.2) is 0 Å². The van der Waals surface area contributed by atoms with Crippen LogP contribution < -0.4 is 0 Å². The van der Waals surface area contributed by atoms with Crippen LogP contribution >= 0.6 is 0 Å². The van der Waals surface area contributed by atoms with E-state index in [2.05, 4.69) is 27.7 Å². The number of unbranched alkanes of at least 4 members (excludes halogenated alkanes) is 1. The Hall–Kier alpha value is -0.0400. The minimum absolute atomic E-state index is 0.720. The third-order valence-electron chi connectivity index (χ3n) is 3.52. The minimum Gasteiger partial charge on any atom is -0.372 e. The summed E-state index contributed by atoms with van der Waals surface area (Å²) in [5.41, 5.74) is 0. The van der Waals surface area contributed by atoms with Crippen molar-refractivity contribution < 1.29 is 4.74 Å². The molecule has 1 nitrogen and oxygen atoms in total. The molecule has 1 saturated carbocycles. The maximum absolute atomic E-state index is 5.98. The van der Waals surface area contributed by atoms with Crippen LogP contribution in [0.3, 0.4) is 0 Å². The Morgan fingerprint density at radius 1 is 1.33 bits per heavy atom. The van der Waals surface area contributed by atoms with Gasteiger partial charge in [0.2, 0.25) is 0 Å². The average Bonchev–Trinajstić information content (AvgIpc) is 2.18. The maximum Gasteiger partial charge on any atom is 0.101 e. The molecule has 0 bridgehead atoms. The van der Waals surface area contributed by atoms with E-state index in [4.69, 9.17) is 4.74 Å². The zero-order valence-corrected chi connectivity index (χ0v) is 10.9. The topological polar surface area (TPSA) is 9.23 Å². The molecule has 0 heterocycles. The molecule has 1 aliphatic rings. The van der Waals surface area contributed by atoms with Crippen molar-refractivity contribution in [3.05, 3.63) is 6.10 Å². The van der Waals surface area contributed by atoms with Gasteiger partial charge >= 0.3 is 0 Å². The Labute approximate surface area is 95.6 Å². The summed E-state index contributed by atoms with van der Waals surface area (Å²) < 4.78 is 5.98. The lowest BCUT2D eigenvalue weighted by Crippen LogP contribution is -2.28. The zero-order chi connectivity index (χ0) is 11.3. The molecule has 89 valence electrons. The fourth-order valence-corrected chi connectivity index (χ4v) is 2.44. The highest BCUT2D eigenvalue weighted by atomic mass is 16.5. The highest BCUT2D eigenvalue weighted by Gasteiger charge is 2.31. The standard InChI is InChI=1S/C14H27O/c1-5-6-9-15-14-10-12(4)7-8-13(14)11(2)3/h11-13H,5-10H2,1-4H3. The summed E-state index contributed by atoms with van der Waals surface area (Å²) in [6.07, 6.45) is 7.74. The summed E-state index contributed by atoms with van der Waals surface area (Å²) in [5.74, 6) is 2.30. The van der Waals surface area contributed by atoms with Crippen LogP contribution in [-0.2, 0) is 4.74 Å². The SMILES string of the molecule is CCCCO[C]1CC(C)CCC1C(C)C. The van der Waals surface area contributed by atoms with Gasteiger partial charge in [-0.25, -0.2) is 0 Å². The Bertz CT molecular complexity index is 165. The van der Waals surface area contributed by atoms with Gasteiger partial charge in [-0.15, -0.1) is 0 Å². The van der Waals surface area contributed by atoms with Crippen LogP contribution in [0.15, 0.2) is 0 Å². The number of rotatable bonds is 5. The van der Waals surface area contributed by atoms with E-state index in [0.29, 0.717) is 0 Å². The van der Waals surface area contributed by atoms with Gasteiger partial charge in [-0.3, -0.25) is 0 Å². The van der Waals surface area contributed by atoms with E-state index in [-0.39, 0.29) is 0 Å². The summed E-state index contributed by atoms with van der Waals surface area (Å²) in [6, 6.07) is 0. The largest absolute Gasteiger partial charge is 0.372 e. The summed E-state index contributed by atoms with van der Waals surface area (Å²) in [7, 11) is 0. The summed E-state index contributed by atoms with van der Waals surface area (Å²) in [5, 5.41) is 0. The number of hydrogen-bond donors (Lipinski definition) is 0. The Morgan fingerprint density at radius 3 is 2.67 bits per heavy atom. The van der Waals surface area contributed by atoms with Gasteiger partial charge in [-0.1, -0.05) is 40.5 Å². The van der Waals surface area contributed by atoms with E-state index in [9.17, 15) is 0 Å². The molecule has 0 aromatic heterocycles. The van der Waals surface area contributed by atoms with Gasteiger partial charge in [0.25, 0.3) is 0 Å². The molecule has 1 radical (unpaired) electrons. The van der Waals surface area contributed by atoms with Gasteiger partial charge in [0, 0.05) is 6.61 Å². The first-order valence-electron chi connectivity index (χ1n) is 6.63. The van der Waals surface area contributed by atoms with E-state index in [1.54, 1.807) is 0 Å². The van der Waals surface area contributed by atoms with Gasteiger partial charge in [0.05, 0.1) is 0 Å². The van der Waals surface area contributed by atoms with E-state index in [0.717, 1.165) is 24.4 Å². The molecule has 0 amide bonds. The molecule has 1 heteroatoms. The van der Waals surface area contributed by atoms with Crippen LogP contribution in [0.2, 0.25) is 0 Å². The number of hydrogen-bond acceptors (Lipinski definition) is 1. The minimum atomic E-state index is 0.720. The second kappa shape index (κ2) is 6.52. The maximum atomic E-state index is 5.98. The quantitative estimate of drug-likeness (QED) is 0.611. The van der Waals surface area contributed by atoms with Crippen molar-refractivity contribution in [2.75, 3.05) is 6.61 Å². The van der Waals surface area contributed by atoms with Crippen molar-refractivity contribution in [2.24, 2.45) is 17.8 Å². The lowest BCUT2D eigenvalue weighted by atomic mass is 9.75. The first kappa shape index (κ1) is 13.0. The second-order valence-electron chi connectivity index (χ2n) is 5.41. The molecule has 0 aromatic carbocycles. The van der Waals surface area contributed by atoms with Gasteiger partial charge in [-0.2, -0.15) is 0 Å². The fourth-order valence-electron chi connectivity index (χ4n) is 2.44. The third-order valence-corrected chi connectivity index (χ3v) is 3.52. The molecule has 15 heavy (non-hydrogen) atoms. The molecule has 0 aromatic rings. The van der Waals surface area contributed by atoms with Crippen molar-refractivity contribution >= 4 is 0 Å². The van der Waals surface area contributed by atoms with E-state index in [1.807, 2.05) is 0 Å². The molecule has 0 N–H and O–H groups in total. The van der Waals surface area contributed by atoms with Crippen molar-refractivity contribution in [3.63, 3.8) is 0 Å². The van der Waals surface area contributed by atoms with E-state index in [1.165, 1.54) is 38.2 Å². The Kier molecular flexibility index (Phi) is 5.66. The van der Waals surface area contributed by atoms with Gasteiger partial charge in [0.1, 0.15) is 6.10 Å². The van der Waals surface area contributed by atoms with Crippen molar-refractivity contribution in [2.45, 2.75) is 59.8 Å². The molecule has 0 spiro atoms.